The molecule has 0 aliphatic carbocycles. The van der Waals surface area contributed by atoms with Crippen molar-refractivity contribution in [1.82, 2.24) is 0 Å². The Morgan fingerprint density at radius 2 is 2.00 bits per heavy atom. The Bertz CT molecular complexity index is 220. The van der Waals surface area contributed by atoms with E-state index in [0.717, 1.165) is 11.3 Å². The van der Waals surface area contributed by atoms with Crippen LogP contribution in [-0.2, 0) is 0 Å². The molecule has 0 N–H and O–H groups in total. The van der Waals surface area contributed by atoms with E-state index in [4.69, 9.17) is 11.6 Å². The molecule has 0 saturated heterocycles. The van der Waals surface area contributed by atoms with E-state index in [1.807, 2.05) is 6.92 Å². The summed E-state index contributed by atoms with van der Waals surface area (Å²) in [7, 11) is 0. The molecule has 1 nitrogen and oxygen atoms in total. The Hall–Kier alpha value is -0.820. The van der Waals surface area contributed by atoms with Gasteiger partial charge in [0.1, 0.15) is 0 Å². The van der Waals surface area contributed by atoms with Crippen molar-refractivity contribution in [2.24, 2.45) is 4.99 Å². The van der Waals surface area contributed by atoms with Crippen molar-refractivity contribution in [3.05, 3.63) is 36.0 Å². The van der Waals surface area contributed by atoms with Gasteiger partial charge in [-0.1, -0.05) is 24.8 Å². The average molecular weight is 170 g/mol. The Labute approximate surface area is 72.8 Å². The summed E-state index contributed by atoms with van der Waals surface area (Å²) in [4.78, 5) is 3.98. The zero-order valence-electron chi connectivity index (χ0n) is 6.89. The zero-order valence-corrected chi connectivity index (χ0v) is 7.65. The van der Waals surface area contributed by atoms with E-state index in [2.05, 4.69) is 18.2 Å². The third kappa shape index (κ3) is 4.57. The van der Waals surface area contributed by atoms with Crippen molar-refractivity contribution in [2.75, 3.05) is 0 Å². The fraction of sp³-hybridized carbons (Fsp3) is 0.222. The van der Waals surface area contributed by atoms with Gasteiger partial charge in [-0.3, -0.25) is 4.99 Å². The molecule has 0 atom stereocenters. The highest BCUT2D eigenvalue weighted by Gasteiger charge is 1.93. The van der Waals surface area contributed by atoms with E-state index in [0.29, 0.717) is 5.03 Å². The first kappa shape index (κ1) is 10.2. The highest BCUT2D eigenvalue weighted by Crippen LogP contribution is 2.03. The SMILES string of the molecule is C=C/N=C(\C=C(/C)Cl)C(=C)C. The van der Waals surface area contributed by atoms with E-state index in [1.54, 1.807) is 13.0 Å². The molecule has 0 heterocycles. The van der Waals surface area contributed by atoms with Crippen molar-refractivity contribution in [1.29, 1.82) is 0 Å². The lowest BCUT2D eigenvalue weighted by molar-refractivity contribution is 1.51. The first-order chi connectivity index (χ1) is 5.07. The summed E-state index contributed by atoms with van der Waals surface area (Å²) in [6.07, 6.45) is 3.23. The zero-order chi connectivity index (χ0) is 8.85. The van der Waals surface area contributed by atoms with Gasteiger partial charge in [0.25, 0.3) is 0 Å². The maximum Gasteiger partial charge on any atom is 0.0664 e. The first-order valence-corrected chi connectivity index (χ1v) is 3.64. The van der Waals surface area contributed by atoms with Gasteiger partial charge in [0.2, 0.25) is 0 Å². The number of nitrogens with zero attached hydrogens (tertiary/aromatic N) is 1. The van der Waals surface area contributed by atoms with Crippen molar-refractivity contribution in [3.8, 4) is 0 Å². The van der Waals surface area contributed by atoms with Crippen LogP contribution in [0.3, 0.4) is 0 Å². The lowest BCUT2D eigenvalue weighted by Crippen LogP contribution is -1.93. The van der Waals surface area contributed by atoms with Gasteiger partial charge in [-0.15, -0.1) is 0 Å². The van der Waals surface area contributed by atoms with E-state index in [9.17, 15) is 0 Å². The second kappa shape index (κ2) is 4.91. The molecular weight excluding hydrogens is 158 g/mol. The number of hydrogen-bond donors (Lipinski definition) is 0. The minimum Gasteiger partial charge on any atom is -0.257 e. The summed E-state index contributed by atoms with van der Waals surface area (Å²) in [6, 6.07) is 0. The lowest BCUT2D eigenvalue weighted by atomic mass is 10.2. The summed E-state index contributed by atoms with van der Waals surface area (Å²) in [6.45, 7) is 10.9. The second-order valence-corrected chi connectivity index (χ2v) is 2.80. The van der Waals surface area contributed by atoms with E-state index >= 15 is 0 Å². The molecule has 0 saturated carbocycles. The summed E-state index contributed by atoms with van der Waals surface area (Å²) < 4.78 is 0. The lowest BCUT2D eigenvalue weighted by Gasteiger charge is -1.96. The van der Waals surface area contributed by atoms with Crippen molar-refractivity contribution >= 4 is 17.3 Å². The fourth-order valence-corrected chi connectivity index (χ4v) is 0.661. The van der Waals surface area contributed by atoms with Gasteiger partial charge in [0.05, 0.1) is 5.71 Å². The molecule has 0 aliphatic heterocycles. The van der Waals surface area contributed by atoms with E-state index in [-0.39, 0.29) is 0 Å². The van der Waals surface area contributed by atoms with Crippen LogP contribution >= 0.6 is 11.6 Å². The minimum atomic E-state index is 0.689. The Balaban J connectivity index is 4.63. The monoisotopic (exact) mass is 169 g/mol. The fourth-order valence-electron chi connectivity index (χ4n) is 0.557. The molecule has 2 heteroatoms. The van der Waals surface area contributed by atoms with Crippen LogP contribution in [0.25, 0.3) is 0 Å². The predicted octanol–water partition coefficient (Wildman–Crippen LogP) is 3.29. The van der Waals surface area contributed by atoms with Gasteiger partial charge in [-0.25, -0.2) is 0 Å². The smallest absolute Gasteiger partial charge is 0.0664 e. The Morgan fingerprint density at radius 1 is 1.45 bits per heavy atom. The van der Waals surface area contributed by atoms with Gasteiger partial charge in [0.15, 0.2) is 0 Å². The number of rotatable bonds is 3. The third-order valence-corrected chi connectivity index (χ3v) is 1.11. The normalized spacial score (nSPS) is 13.0. The number of aliphatic imine (C=N–C) groups is 1. The third-order valence-electron chi connectivity index (χ3n) is 1.00. The quantitative estimate of drug-likeness (QED) is 0.575. The average Bonchev–Trinajstić information content (AvgIpc) is 1.86. The first-order valence-electron chi connectivity index (χ1n) is 3.26. The number of halogens is 1. The summed E-state index contributed by atoms with van der Waals surface area (Å²) >= 11 is 5.66. The molecule has 60 valence electrons. The van der Waals surface area contributed by atoms with E-state index < -0.39 is 0 Å². The molecule has 0 bridgehead atoms. The van der Waals surface area contributed by atoms with Crippen LogP contribution in [-0.4, -0.2) is 5.71 Å². The van der Waals surface area contributed by atoms with Crippen molar-refractivity contribution < 1.29 is 0 Å². The van der Waals surface area contributed by atoms with Crippen molar-refractivity contribution in [3.63, 3.8) is 0 Å². The standard InChI is InChI=1S/C9H12ClN/c1-5-11-9(7(2)3)6-8(4)10/h5-6H,1-2H2,3-4H3/b8-6+,11-9+. The Morgan fingerprint density at radius 3 is 2.27 bits per heavy atom. The molecule has 0 radical (unpaired) electrons. The van der Waals surface area contributed by atoms with Crippen LogP contribution < -0.4 is 0 Å². The number of allylic oxidation sites excluding steroid dienone is 3. The summed E-state index contributed by atoms with van der Waals surface area (Å²) in [5.41, 5.74) is 1.65. The molecule has 0 spiro atoms. The summed E-state index contributed by atoms with van der Waals surface area (Å²) in [5, 5.41) is 0.689. The molecule has 0 rings (SSSR count). The molecule has 11 heavy (non-hydrogen) atoms. The van der Waals surface area contributed by atoms with E-state index in [1.165, 1.54) is 6.20 Å². The number of hydrogen-bond acceptors (Lipinski definition) is 1. The molecule has 0 aliphatic rings. The van der Waals surface area contributed by atoms with Crippen LogP contribution in [0.4, 0.5) is 0 Å². The molecule has 0 unspecified atom stereocenters. The maximum absolute atomic E-state index is 5.66. The highest BCUT2D eigenvalue weighted by atomic mass is 35.5. The molecule has 0 aromatic carbocycles. The molecule has 0 amide bonds. The predicted molar refractivity (Wildman–Crippen MR) is 52.1 cm³/mol. The largest absolute Gasteiger partial charge is 0.257 e. The van der Waals surface area contributed by atoms with Crippen LogP contribution in [0.5, 0.6) is 0 Å². The van der Waals surface area contributed by atoms with Gasteiger partial charge < -0.3 is 0 Å². The van der Waals surface area contributed by atoms with Crippen molar-refractivity contribution in [2.45, 2.75) is 13.8 Å². The maximum atomic E-state index is 5.66. The molecule has 0 aromatic heterocycles. The van der Waals surface area contributed by atoms with Crippen LogP contribution in [0.15, 0.2) is 41.0 Å². The topological polar surface area (TPSA) is 12.4 Å². The van der Waals surface area contributed by atoms with Crippen LogP contribution in [0, 0.1) is 0 Å². The molecule has 0 fully saturated rings. The highest BCUT2D eigenvalue weighted by molar-refractivity contribution is 6.31. The van der Waals surface area contributed by atoms with Gasteiger partial charge >= 0.3 is 0 Å². The minimum absolute atomic E-state index is 0.689. The molecular formula is C9H12ClN. The van der Waals surface area contributed by atoms with Gasteiger partial charge in [0, 0.05) is 11.2 Å². The van der Waals surface area contributed by atoms with Crippen LogP contribution in [0.1, 0.15) is 13.8 Å². The summed E-state index contributed by atoms with van der Waals surface area (Å²) in [5.74, 6) is 0. The second-order valence-electron chi connectivity index (χ2n) is 2.21. The molecule has 0 aromatic rings. The Kier molecular flexibility index (Phi) is 4.55. The van der Waals surface area contributed by atoms with Gasteiger partial charge in [-0.2, -0.15) is 0 Å². The van der Waals surface area contributed by atoms with Crippen LogP contribution in [0.2, 0.25) is 0 Å². The van der Waals surface area contributed by atoms with Gasteiger partial charge in [-0.05, 0) is 25.5 Å².